The molecule has 28 heavy (non-hydrogen) atoms. The number of rotatable bonds is 3. The third-order valence-electron chi connectivity index (χ3n) is 4.57. The van der Waals surface area contributed by atoms with Crippen molar-refractivity contribution in [3.63, 3.8) is 0 Å². The summed E-state index contributed by atoms with van der Waals surface area (Å²) in [5.41, 5.74) is 0.257. The molecule has 0 aromatic heterocycles. The molecule has 8 nitrogen and oxygen atoms in total. The van der Waals surface area contributed by atoms with Crippen LogP contribution in [0.3, 0.4) is 0 Å². The van der Waals surface area contributed by atoms with E-state index < -0.39 is 30.0 Å². The fraction of sp³-hybridized carbons (Fsp3) is 0.550. The fourth-order valence-electron chi connectivity index (χ4n) is 3.03. The van der Waals surface area contributed by atoms with Crippen LogP contribution in [-0.4, -0.2) is 66.1 Å². The van der Waals surface area contributed by atoms with E-state index in [1.54, 1.807) is 31.3 Å². The lowest BCUT2D eigenvalue weighted by atomic mass is 10.0. The molecule has 1 aromatic rings. The predicted octanol–water partition coefficient (Wildman–Crippen LogP) is 0.548. The highest BCUT2D eigenvalue weighted by Gasteiger charge is 2.32. The molecule has 0 aliphatic carbocycles. The van der Waals surface area contributed by atoms with E-state index in [2.05, 4.69) is 10.6 Å². The normalized spacial score (nSPS) is 22.8. The number of hydrogen-bond acceptors (Lipinski definition) is 5. The van der Waals surface area contributed by atoms with Crippen molar-refractivity contribution in [2.45, 2.75) is 45.4 Å². The van der Waals surface area contributed by atoms with E-state index in [1.165, 1.54) is 11.8 Å². The van der Waals surface area contributed by atoms with Gasteiger partial charge in [-0.3, -0.25) is 14.4 Å². The molecule has 1 heterocycles. The van der Waals surface area contributed by atoms with E-state index in [0.29, 0.717) is 18.7 Å². The molecule has 0 saturated heterocycles. The standard InChI is InChI=1S/C20H29N3O5/c1-12(2)11-15-20(27)23(4)9-10-28-16-8-6-5-7-14(16)18(25)22-17(13(3)24)19(26)21-15/h5-8,12-13,15,17,24H,9-11H2,1-4H3,(H,21,26)(H,22,25)/t13-,15-,17+/m1/s1. The molecule has 2 rings (SSSR count). The summed E-state index contributed by atoms with van der Waals surface area (Å²) in [6.07, 6.45) is -0.703. The van der Waals surface area contributed by atoms with E-state index in [9.17, 15) is 19.5 Å². The topological polar surface area (TPSA) is 108 Å². The Morgan fingerprint density at radius 2 is 1.86 bits per heavy atom. The number of hydrogen-bond donors (Lipinski definition) is 3. The van der Waals surface area contributed by atoms with Gasteiger partial charge in [0.2, 0.25) is 11.8 Å². The summed E-state index contributed by atoms with van der Waals surface area (Å²) in [4.78, 5) is 39.8. The number of benzene rings is 1. The van der Waals surface area contributed by atoms with Gasteiger partial charge < -0.3 is 25.4 Å². The monoisotopic (exact) mass is 391 g/mol. The van der Waals surface area contributed by atoms with Crippen molar-refractivity contribution in [2.24, 2.45) is 5.92 Å². The molecule has 3 amide bonds. The Bertz CT molecular complexity index is 720. The van der Waals surface area contributed by atoms with E-state index in [0.717, 1.165) is 0 Å². The smallest absolute Gasteiger partial charge is 0.255 e. The molecule has 1 aliphatic rings. The lowest BCUT2D eigenvalue weighted by Crippen LogP contribution is -2.57. The zero-order chi connectivity index (χ0) is 20.8. The van der Waals surface area contributed by atoms with Crippen molar-refractivity contribution in [2.75, 3.05) is 20.2 Å². The maximum absolute atomic E-state index is 12.8. The zero-order valence-electron chi connectivity index (χ0n) is 16.8. The van der Waals surface area contributed by atoms with E-state index in [4.69, 9.17) is 4.74 Å². The van der Waals surface area contributed by atoms with Gasteiger partial charge >= 0.3 is 0 Å². The molecule has 0 bridgehead atoms. The quantitative estimate of drug-likeness (QED) is 0.697. The molecule has 1 aliphatic heterocycles. The van der Waals surface area contributed by atoms with E-state index >= 15 is 0 Å². The minimum absolute atomic E-state index is 0.165. The molecule has 0 radical (unpaired) electrons. The second kappa shape index (κ2) is 9.54. The third kappa shape index (κ3) is 5.45. The number of nitrogens with zero attached hydrogens (tertiary/aromatic N) is 1. The largest absolute Gasteiger partial charge is 0.491 e. The van der Waals surface area contributed by atoms with Gasteiger partial charge in [0.1, 0.15) is 24.4 Å². The predicted molar refractivity (Wildman–Crippen MR) is 104 cm³/mol. The number of aliphatic hydroxyl groups excluding tert-OH is 1. The number of nitrogens with one attached hydrogen (secondary N) is 2. The third-order valence-corrected chi connectivity index (χ3v) is 4.57. The molecule has 0 spiro atoms. The van der Waals surface area contributed by atoms with Crippen LogP contribution in [0.15, 0.2) is 24.3 Å². The molecule has 154 valence electrons. The second-order valence-corrected chi connectivity index (χ2v) is 7.49. The molecule has 0 fully saturated rings. The first-order valence-corrected chi connectivity index (χ1v) is 9.46. The number of carbonyl (C=O) groups excluding carboxylic acids is 3. The van der Waals surface area contributed by atoms with Crippen LogP contribution in [0.4, 0.5) is 0 Å². The number of para-hydroxylation sites is 1. The highest BCUT2D eigenvalue weighted by atomic mass is 16.5. The Morgan fingerprint density at radius 3 is 2.50 bits per heavy atom. The van der Waals surface area contributed by atoms with E-state index in [-0.39, 0.29) is 24.0 Å². The SMILES string of the molecule is CC(C)C[C@H]1NC(=O)[C@H]([C@@H](C)O)NC(=O)c2ccccc2OCCN(C)C1=O. The Morgan fingerprint density at radius 1 is 1.18 bits per heavy atom. The molecule has 3 atom stereocenters. The molecule has 0 unspecified atom stereocenters. The minimum atomic E-state index is -1.20. The fourth-order valence-corrected chi connectivity index (χ4v) is 3.03. The van der Waals surface area contributed by atoms with Crippen LogP contribution in [0.5, 0.6) is 5.75 Å². The summed E-state index contributed by atoms with van der Waals surface area (Å²) < 4.78 is 5.71. The zero-order valence-corrected chi connectivity index (χ0v) is 16.8. The van der Waals surface area contributed by atoms with Crippen LogP contribution in [0.25, 0.3) is 0 Å². The van der Waals surface area contributed by atoms with Gasteiger partial charge in [0.25, 0.3) is 5.91 Å². The Kier molecular flexibility index (Phi) is 7.39. The van der Waals surface area contributed by atoms with Crippen LogP contribution in [0.1, 0.15) is 37.6 Å². The molecule has 0 saturated carbocycles. The average molecular weight is 391 g/mol. The lowest BCUT2D eigenvalue weighted by molar-refractivity contribution is -0.137. The Hall–Kier alpha value is -2.61. The maximum Gasteiger partial charge on any atom is 0.255 e. The summed E-state index contributed by atoms with van der Waals surface area (Å²) in [7, 11) is 1.65. The summed E-state index contributed by atoms with van der Waals surface area (Å²) in [6, 6.07) is 4.70. The maximum atomic E-state index is 12.8. The second-order valence-electron chi connectivity index (χ2n) is 7.49. The number of carbonyl (C=O) groups is 3. The number of amides is 3. The van der Waals surface area contributed by atoms with Crippen molar-refractivity contribution in [3.05, 3.63) is 29.8 Å². The van der Waals surface area contributed by atoms with Crippen LogP contribution < -0.4 is 15.4 Å². The van der Waals surface area contributed by atoms with Gasteiger partial charge in [-0.1, -0.05) is 26.0 Å². The summed E-state index contributed by atoms with van der Waals surface area (Å²) in [5.74, 6) is -0.861. The van der Waals surface area contributed by atoms with E-state index in [1.807, 2.05) is 13.8 Å². The molecule has 3 N–H and O–H groups in total. The first-order valence-electron chi connectivity index (χ1n) is 9.46. The average Bonchev–Trinajstić information content (AvgIpc) is 2.64. The van der Waals surface area contributed by atoms with Gasteiger partial charge in [-0.05, 0) is 31.4 Å². The Labute approximate surface area is 165 Å². The summed E-state index contributed by atoms with van der Waals surface area (Å²) in [5, 5.41) is 15.3. The summed E-state index contributed by atoms with van der Waals surface area (Å²) >= 11 is 0. The van der Waals surface area contributed by atoms with Gasteiger partial charge in [-0.2, -0.15) is 0 Å². The molecule has 8 heteroatoms. The Balaban J connectivity index is 2.38. The number of fused-ring (bicyclic) bond motifs is 1. The number of likely N-dealkylation sites (N-methyl/N-ethyl adjacent to an activating group) is 1. The van der Waals surface area contributed by atoms with Crippen molar-refractivity contribution >= 4 is 17.7 Å². The first kappa shape index (κ1) is 21.7. The molecular formula is C20H29N3O5. The van der Waals surface area contributed by atoms with Crippen molar-refractivity contribution in [1.82, 2.24) is 15.5 Å². The van der Waals surface area contributed by atoms with Gasteiger partial charge in [-0.15, -0.1) is 0 Å². The summed E-state index contributed by atoms with van der Waals surface area (Å²) in [6.45, 7) is 5.83. The van der Waals surface area contributed by atoms with Gasteiger partial charge in [-0.25, -0.2) is 0 Å². The van der Waals surface area contributed by atoms with Crippen molar-refractivity contribution < 1.29 is 24.2 Å². The van der Waals surface area contributed by atoms with Gasteiger partial charge in [0.15, 0.2) is 0 Å². The van der Waals surface area contributed by atoms with Crippen LogP contribution in [0.2, 0.25) is 0 Å². The van der Waals surface area contributed by atoms with Crippen LogP contribution >= 0.6 is 0 Å². The van der Waals surface area contributed by atoms with Crippen molar-refractivity contribution in [1.29, 1.82) is 0 Å². The highest BCUT2D eigenvalue weighted by Crippen LogP contribution is 2.19. The van der Waals surface area contributed by atoms with Crippen molar-refractivity contribution in [3.8, 4) is 5.75 Å². The van der Waals surface area contributed by atoms with Gasteiger partial charge in [0, 0.05) is 7.05 Å². The minimum Gasteiger partial charge on any atom is -0.491 e. The molecular weight excluding hydrogens is 362 g/mol. The molecule has 1 aromatic carbocycles. The van der Waals surface area contributed by atoms with Crippen LogP contribution in [0, 0.1) is 5.92 Å². The van der Waals surface area contributed by atoms with Crippen LogP contribution in [-0.2, 0) is 9.59 Å². The number of ether oxygens (including phenoxy) is 1. The lowest BCUT2D eigenvalue weighted by Gasteiger charge is -2.28. The number of aliphatic hydroxyl groups is 1. The first-order chi connectivity index (χ1) is 13.2. The van der Waals surface area contributed by atoms with Gasteiger partial charge in [0.05, 0.1) is 18.2 Å². The highest BCUT2D eigenvalue weighted by molar-refractivity contribution is 6.00.